The zero-order valence-corrected chi connectivity index (χ0v) is 18.9. The molecule has 1 fully saturated rings. The van der Waals surface area contributed by atoms with E-state index in [1.165, 1.54) is 5.56 Å². The molecular formula is C27H28N4O2. The highest BCUT2D eigenvalue weighted by molar-refractivity contribution is 6.00. The van der Waals surface area contributed by atoms with Crippen molar-refractivity contribution in [3.63, 3.8) is 0 Å². The molecule has 33 heavy (non-hydrogen) atoms. The Balaban J connectivity index is 1.30. The topological polar surface area (TPSA) is 66.4 Å². The Morgan fingerprint density at radius 2 is 1.76 bits per heavy atom. The summed E-state index contributed by atoms with van der Waals surface area (Å²) in [6.07, 6.45) is 3.02. The maximum atomic E-state index is 12.8. The number of anilines is 1. The molecule has 0 spiro atoms. The van der Waals surface area contributed by atoms with Crippen LogP contribution in [-0.4, -0.2) is 46.3 Å². The van der Waals surface area contributed by atoms with E-state index in [-0.39, 0.29) is 17.7 Å². The molecule has 2 amide bonds. The van der Waals surface area contributed by atoms with Crippen LogP contribution in [0.2, 0.25) is 0 Å². The van der Waals surface area contributed by atoms with Gasteiger partial charge in [-0.2, -0.15) is 0 Å². The number of nitrogens with zero attached hydrogens (tertiary/aromatic N) is 4. The van der Waals surface area contributed by atoms with Crippen LogP contribution < -0.4 is 4.90 Å². The molecule has 168 valence electrons. The Morgan fingerprint density at radius 1 is 1.03 bits per heavy atom. The molecule has 1 unspecified atom stereocenters. The molecule has 0 N–H and O–H groups in total. The van der Waals surface area contributed by atoms with Crippen LogP contribution in [0.1, 0.15) is 51.8 Å². The molecule has 2 aliphatic rings. The summed E-state index contributed by atoms with van der Waals surface area (Å²) in [5.74, 6) is 1.75. The van der Waals surface area contributed by atoms with Gasteiger partial charge in [-0.25, -0.2) is 9.97 Å². The van der Waals surface area contributed by atoms with Crippen molar-refractivity contribution in [2.75, 3.05) is 24.5 Å². The third-order valence-electron chi connectivity index (χ3n) is 6.65. The number of aromatic nitrogens is 2. The van der Waals surface area contributed by atoms with Gasteiger partial charge in [0.1, 0.15) is 11.6 Å². The smallest absolute Gasteiger partial charge is 0.253 e. The Hall–Kier alpha value is -3.54. The van der Waals surface area contributed by atoms with E-state index < -0.39 is 0 Å². The molecule has 0 aliphatic carbocycles. The summed E-state index contributed by atoms with van der Waals surface area (Å²) >= 11 is 0. The van der Waals surface area contributed by atoms with Crippen molar-refractivity contribution in [3.05, 3.63) is 88.9 Å². The third kappa shape index (κ3) is 4.38. The van der Waals surface area contributed by atoms with Gasteiger partial charge < -0.3 is 4.90 Å². The summed E-state index contributed by atoms with van der Waals surface area (Å²) in [6.45, 7) is 3.91. The molecule has 3 aromatic rings. The molecule has 6 heteroatoms. The molecule has 1 atom stereocenters. The lowest BCUT2D eigenvalue weighted by atomic mass is 10.1. The van der Waals surface area contributed by atoms with Gasteiger partial charge in [-0.1, -0.05) is 48.5 Å². The van der Waals surface area contributed by atoms with Crippen molar-refractivity contribution in [1.29, 1.82) is 0 Å². The predicted octanol–water partition coefficient (Wildman–Crippen LogP) is 3.94. The van der Waals surface area contributed by atoms with E-state index in [1.54, 1.807) is 0 Å². The first-order valence-electron chi connectivity index (χ1n) is 11.7. The quantitative estimate of drug-likeness (QED) is 0.582. The van der Waals surface area contributed by atoms with Gasteiger partial charge in [0, 0.05) is 42.4 Å². The number of amides is 2. The molecular weight excluding hydrogens is 412 g/mol. The van der Waals surface area contributed by atoms with E-state index in [4.69, 9.17) is 9.97 Å². The first-order valence-corrected chi connectivity index (χ1v) is 11.7. The van der Waals surface area contributed by atoms with Crippen LogP contribution in [-0.2, 0) is 17.6 Å². The zero-order valence-electron chi connectivity index (χ0n) is 18.9. The Morgan fingerprint density at radius 3 is 2.52 bits per heavy atom. The monoisotopic (exact) mass is 440 g/mol. The van der Waals surface area contributed by atoms with Crippen molar-refractivity contribution in [3.8, 4) is 0 Å². The Kier molecular flexibility index (Phi) is 5.90. The number of rotatable bonds is 6. The van der Waals surface area contributed by atoms with Crippen LogP contribution in [0.15, 0.2) is 60.7 Å². The Labute approximate surface area is 194 Å². The molecule has 0 saturated carbocycles. The summed E-state index contributed by atoms with van der Waals surface area (Å²) in [5.41, 5.74) is 3.80. The fraction of sp³-hybridized carbons (Fsp3) is 0.333. The summed E-state index contributed by atoms with van der Waals surface area (Å²) in [5, 5.41) is 0. The van der Waals surface area contributed by atoms with Crippen LogP contribution in [0.25, 0.3) is 0 Å². The molecule has 5 rings (SSSR count). The molecule has 1 aromatic heterocycles. The number of aryl methyl sites for hydroxylation is 2. The number of carbonyl (C=O) groups is 2. The molecule has 0 radical (unpaired) electrons. The number of fused-ring (bicyclic) bond motifs is 1. The second kappa shape index (κ2) is 9.14. The van der Waals surface area contributed by atoms with E-state index in [0.717, 1.165) is 42.2 Å². The average molecular weight is 441 g/mol. The summed E-state index contributed by atoms with van der Waals surface area (Å²) in [4.78, 5) is 39.0. The minimum absolute atomic E-state index is 0.0497. The van der Waals surface area contributed by atoms with Crippen LogP contribution in [0.3, 0.4) is 0 Å². The molecule has 0 bridgehead atoms. The van der Waals surface area contributed by atoms with Crippen LogP contribution in [0.4, 0.5) is 5.82 Å². The van der Waals surface area contributed by atoms with Gasteiger partial charge in [0.05, 0.1) is 6.42 Å². The van der Waals surface area contributed by atoms with Crippen molar-refractivity contribution in [1.82, 2.24) is 14.9 Å². The van der Waals surface area contributed by atoms with E-state index >= 15 is 0 Å². The second-order valence-electron chi connectivity index (χ2n) is 8.88. The van der Waals surface area contributed by atoms with E-state index in [0.29, 0.717) is 31.6 Å². The molecule has 6 nitrogen and oxygen atoms in total. The fourth-order valence-corrected chi connectivity index (χ4v) is 4.82. The molecule has 3 heterocycles. The first-order chi connectivity index (χ1) is 16.1. The largest absolute Gasteiger partial charge is 0.338 e. The van der Waals surface area contributed by atoms with Crippen LogP contribution >= 0.6 is 0 Å². The first kappa shape index (κ1) is 21.3. The Bertz CT molecular complexity index is 1160. The summed E-state index contributed by atoms with van der Waals surface area (Å²) in [6, 6.07) is 19.7. The van der Waals surface area contributed by atoms with Crippen molar-refractivity contribution < 1.29 is 9.59 Å². The van der Waals surface area contributed by atoms with Crippen molar-refractivity contribution in [2.45, 2.75) is 38.5 Å². The number of benzene rings is 2. The lowest BCUT2D eigenvalue weighted by Crippen LogP contribution is -2.29. The average Bonchev–Trinajstić information content (AvgIpc) is 3.46. The molecule has 2 aromatic carbocycles. The van der Waals surface area contributed by atoms with Gasteiger partial charge in [-0.3, -0.25) is 14.5 Å². The van der Waals surface area contributed by atoms with Gasteiger partial charge in [0.25, 0.3) is 5.91 Å². The van der Waals surface area contributed by atoms with Gasteiger partial charge >= 0.3 is 0 Å². The maximum Gasteiger partial charge on any atom is 0.253 e. The highest BCUT2D eigenvalue weighted by Gasteiger charge is 2.34. The lowest BCUT2D eigenvalue weighted by Gasteiger charge is -2.19. The SMILES string of the molecule is Cc1nc(C2CCN(C(=O)c3ccccc3)C2)nc2c1CC(=O)N2CCCc1ccccc1. The van der Waals surface area contributed by atoms with Crippen molar-refractivity contribution >= 4 is 17.6 Å². The van der Waals surface area contributed by atoms with E-state index in [9.17, 15) is 9.59 Å². The normalized spacial score (nSPS) is 17.5. The van der Waals surface area contributed by atoms with Crippen LogP contribution in [0.5, 0.6) is 0 Å². The predicted molar refractivity (Wildman–Crippen MR) is 127 cm³/mol. The summed E-state index contributed by atoms with van der Waals surface area (Å²) in [7, 11) is 0. The van der Waals surface area contributed by atoms with Gasteiger partial charge in [-0.05, 0) is 43.9 Å². The van der Waals surface area contributed by atoms with Crippen molar-refractivity contribution in [2.24, 2.45) is 0 Å². The van der Waals surface area contributed by atoms with Gasteiger partial charge in [-0.15, -0.1) is 0 Å². The molecule has 1 saturated heterocycles. The summed E-state index contributed by atoms with van der Waals surface area (Å²) < 4.78 is 0. The number of likely N-dealkylation sites (tertiary alicyclic amines) is 1. The minimum atomic E-state index is 0.0497. The lowest BCUT2D eigenvalue weighted by molar-refractivity contribution is -0.117. The minimum Gasteiger partial charge on any atom is -0.338 e. The molecule has 2 aliphatic heterocycles. The standard InChI is InChI=1S/C27H28N4O2/c1-19-23-17-24(32)31(15-8-11-20-9-4-2-5-10-20)26(23)29-25(28-19)22-14-16-30(18-22)27(33)21-12-6-3-7-13-21/h2-7,9-10,12-13,22H,8,11,14-18H2,1H3. The highest BCUT2D eigenvalue weighted by Crippen LogP contribution is 2.33. The maximum absolute atomic E-state index is 12.8. The zero-order chi connectivity index (χ0) is 22.8. The number of hydrogen-bond acceptors (Lipinski definition) is 4. The van der Waals surface area contributed by atoms with E-state index in [2.05, 4.69) is 12.1 Å². The third-order valence-corrected chi connectivity index (χ3v) is 6.65. The van der Waals surface area contributed by atoms with Gasteiger partial charge in [0.2, 0.25) is 5.91 Å². The van der Waals surface area contributed by atoms with Crippen LogP contribution in [0, 0.1) is 6.92 Å². The van der Waals surface area contributed by atoms with Gasteiger partial charge in [0.15, 0.2) is 0 Å². The second-order valence-corrected chi connectivity index (χ2v) is 8.88. The van der Waals surface area contributed by atoms with E-state index in [1.807, 2.05) is 65.3 Å². The number of carbonyl (C=O) groups excluding carboxylic acids is 2. The fourth-order valence-electron chi connectivity index (χ4n) is 4.82. The highest BCUT2D eigenvalue weighted by atomic mass is 16.2. The number of hydrogen-bond donors (Lipinski definition) is 0.